The number of aliphatic imine (C=N–C) groups is 1. The molecule has 0 bridgehead atoms. The molecule has 2 aliphatic rings. The zero-order valence-corrected chi connectivity index (χ0v) is 17.0. The molecule has 1 aromatic carbocycles. The van der Waals surface area contributed by atoms with E-state index < -0.39 is 21.7 Å². The van der Waals surface area contributed by atoms with Gasteiger partial charge in [0, 0.05) is 23.4 Å². The normalized spacial score (nSPS) is 24.2. The van der Waals surface area contributed by atoms with Crippen LogP contribution in [0.25, 0.3) is 0 Å². The van der Waals surface area contributed by atoms with Crippen LogP contribution in [0, 0.1) is 0 Å². The number of carboxylic acids is 1. The van der Waals surface area contributed by atoms with Gasteiger partial charge in [-0.2, -0.15) is 4.99 Å². The number of nitrogens with zero attached hydrogens (tertiary/aromatic N) is 2. The van der Waals surface area contributed by atoms with E-state index in [1.54, 1.807) is 23.1 Å². The van der Waals surface area contributed by atoms with Crippen molar-refractivity contribution in [1.29, 1.82) is 0 Å². The molecule has 0 spiro atoms. The van der Waals surface area contributed by atoms with Gasteiger partial charge in [0.05, 0.1) is 38.2 Å². The average molecular weight is 428 g/mol. The first kappa shape index (κ1) is 20.5. The number of rotatable bonds is 6. The van der Waals surface area contributed by atoms with Gasteiger partial charge in [-0.25, -0.2) is 8.42 Å². The molecule has 152 valence electrons. The summed E-state index contributed by atoms with van der Waals surface area (Å²) < 4.78 is 34.7. The number of anilines is 1. The molecule has 0 saturated carbocycles. The lowest BCUT2D eigenvalue weighted by Crippen LogP contribution is -2.37. The third kappa shape index (κ3) is 4.25. The molecule has 1 N–H and O–H groups in total. The lowest BCUT2D eigenvalue weighted by Gasteiger charge is -2.25. The SMILES string of the molecule is COc1ccc(N2C(=NC(=O)CCC(=O)O)SC3CS(=O)(=O)CC32)cc1OC. The van der Waals surface area contributed by atoms with Crippen molar-refractivity contribution < 1.29 is 32.6 Å². The predicted molar refractivity (Wildman–Crippen MR) is 105 cm³/mol. The summed E-state index contributed by atoms with van der Waals surface area (Å²) in [7, 11) is -0.180. The van der Waals surface area contributed by atoms with Crippen LogP contribution in [-0.2, 0) is 19.4 Å². The van der Waals surface area contributed by atoms with E-state index in [2.05, 4.69) is 4.99 Å². The molecular formula is C17H20N2O7S2. The van der Waals surface area contributed by atoms with E-state index in [1.165, 1.54) is 26.0 Å². The molecule has 2 saturated heterocycles. The Labute approximate surface area is 166 Å². The first-order chi connectivity index (χ1) is 13.2. The number of benzene rings is 1. The Bertz CT molecular complexity index is 929. The van der Waals surface area contributed by atoms with Gasteiger partial charge in [0.25, 0.3) is 0 Å². The lowest BCUT2D eigenvalue weighted by atomic mass is 10.2. The molecule has 2 atom stereocenters. The van der Waals surface area contributed by atoms with Crippen molar-refractivity contribution in [3.05, 3.63) is 18.2 Å². The molecule has 2 aliphatic heterocycles. The maximum Gasteiger partial charge on any atom is 0.303 e. The van der Waals surface area contributed by atoms with Crippen LogP contribution in [0.5, 0.6) is 11.5 Å². The van der Waals surface area contributed by atoms with Crippen molar-refractivity contribution in [2.75, 3.05) is 30.6 Å². The summed E-state index contributed by atoms with van der Waals surface area (Å²) in [6.07, 6.45) is -0.523. The molecule has 28 heavy (non-hydrogen) atoms. The maximum atomic E-state index is 12.1. The van der Waals surface area contributed by atoms with Crippen LogP contribution in [0.4, 0.5) is 5.69 Å². The third-order valence-corrected chi connectivity index (χ3v) is 7.69. The van der Waals surface area contributed by atoms with E-state index in [4.69, 9.17) is 14.6 Å². The Morgan fingerprint density at radius 3 is 2.57 bits per heavy atom. The van der Waals surface area contributed by atoms with Crippen molar-refractivity contribution in [2.24, 2.45) is 4.99 Å². The van der Waals surface area contributed by atoms with Crippen molar-refractivity contribution in [2.45, 2.75) is 24.1 Å². The van der Waals surface area contributed by atoms with Gasteiger partial charge in [-0.1, -0.05) is 11.8 Å². The summed E-state index contributed by atoms with van der Waals surface area (Å²) in [6, 6.07) is 4.77. The maximum absolute atomic E-state index is 12.1. The third-order valence-electron chi connectivity index (χ3n) is 4.48. The highest BCUT2D eigenvalue weighted by Crippen LogP contribution is 2.43. The summed E-state index contributed by atoms with van der Waals surface area (Å²) >= 11 is 1.23. The zero-order chi connectivity index (χ0) is 20.5. The number of aliphatic carboxylic acids is 1. The number of methoxy groups -OCH3 is 2. The second-order valence-electron chi connectivity index (χ2n) is 6.39. The Morgan fingerprint density at radius 2 is 1.93 bits per heavy atom. The number of carbonyl (C=O) groups is 2. The molecular weight excluding hydrogens is 408 g/mol. The Kier molecular flexibility index (Phi) is 5.84. The summed E-state index contributed by atoms with van der Waals surface area (Å²) in [5, 5.41) is 8.86. The quantitative estimate of drug-likeness (QED) is 0.711. The number of hydrogen-bond acceptors (Lipinski definition) is 7. The number of amides is 1. The minimum absolute atomic E-state index is 0.00839. The second-order valence-corrected chi connectivity index (χ2v) is 9.75. The smallest absolute Gasteiger partial charge is 0.303 e. The minimum Gasteiger partial charge on any atom is -0.493 e. The van der Waals surface area contributed by atoms with Gasteiger partial charge in [0.2, 0.25) is 5.91 Å². The van der Waals surface area contributed by atoms with Crippen molar-refractivity contribution >= 4 is 44.3 Å². The molecule has 9 nitrogen and oxygen atoms in total. The number of hydrogen-bond donors (Lipinski definition) is 1. The van der Waals surface area contributed by atoms with E-state index >= 15 is 0 Å². The van der Waals surface area contributed by atoms with Gasteiger partial charge >= 0.3 is 5.97 Å². The summed E-state index contributed by atoms with van der Waals surface area (Å²) in [5.74, 6) is -0.684. The Balaban J connectivity index is 1.96. The molecule has 3 rings (SSSR count). The Morgan fingerprint density at radius 1 is 1.21 bits per heavy atom. The lowest BCUT2D eigenvalue weighted by molar-refractivity contribution is -0.138. The standard InChI is InChI=1S/C17H20N2O7S2/c1-25-12-4-3-10(7-13(12)26-2)19-11-8-28(23,24)9-14(11)27-17(19)18-15(20)5-6-16(21)22/h3-4,7,11,14H,5-6,8-9H2,1-2H3,(H,21,22). The zero-order valence-electron chi connectivity index (χ0n) is 15.3. The van der Waals surface area contributed by atoms with Crippen LogP contribution >= 0.6 is 11.8 Å². The van der Waals surface area contributed by atoms with E-state index in [0.29, 0.717) is 22.4 Å². The van der Waals surface area contributed by atoms with Crippen LogP contribution in [0.2, 0.25) is 0 Å². The van der Waals surface area contributed by atoms with Gasteiger partial charge < -0.3 is 19.5 Å². The summed E-state index contributed by atoms with van der Waals surface area (Å²) in [4.78, 5) is 28.6. The summed E-state index contributed by atoms with van der Waals surface area (Å²) in [6.45, 7) is 0. The van der Waals surface area contributed by atoms with Gasteiger partial charge in [-0.15, -0.1) is 0 Å². The van der Waals surface area contributed by atoms with Crippen molar-refractivity contribution in [3.63, 3.8) is 0 Å². The van der Waals surface area contributed by atoms with Crippen LogP contribution in [0.3, 0.4) is 0 Å². The predicted octanol–water partition coefficient (Wildman–Crippen LogP) is 1.17. The number of carboxylic acid groups (broad SMARTS) is 1. The molecule has 11 heteroatoms. The van der Waals surface area contributed by atoms with E-state index in [0.717, 1.165) is 0 Å². The topological polar surface area (TPSA) is 123 Å². The largest absolute Gasteiger partial charge is 0.493 e. The van der Waals surface area contributed by atoms with Gasteiger partial charge in [-0.05, 0) is 12.1 Å². The molecule has 2 unspecified atom stereocenters. The van der Waals surface area contributed by atoms with Crippen LogP contribution in [0.1, 0.15) is 12.8 Å². The average Bonchev–Trinajstić information content (AvgIpc) is 3.10. The minimum atomic E-state index is -3.18. The molecule has 1 amide bonds. The van der Waals surface area contributed by atoms with Crippen LogP contribution < -0.4 is 14.4 Å². The highest BCUT2D eigenvalue weighted by atomic mass is 32.2. The van der Waals surface area contributed by atoms with Crippen molar-refractivity contribution in [1.82, 2.24) is 0 Å². The van der Waals surface area contributed by atoms with Crippen LogP contribution in [-0.4, -0.2) is 67.6 Å². The summed E-state index contributed by atoms with van der Waals surface area (Å²) in [5.41, 5.74) is 0.625. The fourth-order valence-corrected chi connectivity index (χ4v) is 7.15. The van der Waals surface area contributed by atoms with Crippen LogP contribution in [0.15, 0.2) is 23.2 Å². The fraction of sp³-hybridized carbons (Fsp3) is 0.471. The Hall–Kier alpha value is -2.27. The van der Waals surface area contributed by atoms with Gasteiger partial charge in [0.1, 0.15) is 0 Å². The van der Waals surface area contributed by atoms with Crippen molar-refractivity contribution in [3.8, 4) is 11.5 Å². The number of fused-ring (bicyclic) bond motifs is 1. The number of sulfone groups is 1. The molecule has 2 heterocycles. The highest BCUT2D eigenvalue weighted by Gasteiger charge is 2.49. The van der Waals surface area contributed by atoms with E-state index in [-0.39, 0.29) is 35.6 Å². The highest BCUT2D eigenvalue weighted by molar-refractivity contribution is 8.16. The number of amidine groups is 1. The molecule has 2 fully saturated rings. The monoisotopic (exact) mass is 428 g/mol. The number of ether oxygens (including phenoxy) is 2. The van der Waals surface area contributed by atoms with Gasteiger partial charge in [-0.3, -0.25) is 9.59 Å². The molecule has 0 radical (unpaired) electrons. The second kappa shape index (κ2) is 8.00. The van der Waals surface area contributed by atoms with E-state index in [1.807, 2.05) is 0 Å². The first-order valence-electron chi connectivity index (χ1n) is 8.45. The fourth-order valence-electron chi connectivity index (χ4n) is 3.22. The molecule has 0 aliphatic carbocycles. The first-order valence-corrected chi connectivity index (χ1v) is 11.2. The number of thioether (sulfide) groups is 1. The molecule has 1 aromatic rings. The number of carbonyl (C=O) groups excluding carboxylic acids is 1. The van der Waals surface area contributed by atoms with E-state index in [9.17, 15) is 18.0 Å². The molecule has 0 aromatic heterocycles. The van der Waals surface area contributed by atoms with Gasteiger partial charge in [0.15, 0.2) is 26.5 Å².